The van der Waals surface area contributed by atoms with Gasteiger partial charge in [0.25, 0.3) is 0 Å². The highest BCUT2D eigenvalue weighted by molar-refractivity contribution is 9.10. The van der Waals surface area contributed by atoms with E-state index in [0.717, 1.165) is 29.4 Å². The van der Waals surface area contributed by atoms with Gasteiger partial charge in [0.05, 0.1) is 0 Å². The van der Waals surface area contributed by atoms with Crippen LogP contribution in [0.3, 0.4) is 0 Å². The quantitative estimate of drug-likeness (QED) is 0.829. The zero-order valence-electron chi connectivity index (χ0n) is 12.6. The number of rotatable bonds is 6. The van der Waals surface area contributed by atoms with Crippen molar-refractivity contribution in [3.05, 3.63) is 57.7 Å². The molecule has 0 bridgehead atoms. The predicted molar refractivity (Wildman–Crippen MR) is 92.3 cm³/mol. The number of aryl methyl sites for hydroxylation is 1. The van der Waals surface area contributed by atoms with Crippen LogP contribution in [0.2, 0.25) is 0 Å². The topological polar surface area (TPSA) is 50.9 Å². The van der Waals surface area contributed by atoms with Crippen molar-refractivity contribution in [2.45, 2.75) is 32.7 Å². The van der Waals surface area contributed by atoms with Crippen LogP contribution in [0, 0.1) is 6.92 Å². The number of nitrogens with zero attached hydrogens (tertiary/aromatic N) is 1. The lowest BCUT2D eigenvalue weighted by Crippen LogP contribution is -2.26. The van der Waals surface area contributed by atoms with Gasteiger partial charge in [0.15, 0.2) is 0 Å². The number of halogens is 1. The number of benzene rings is 1. The summed E-state index contributed by atoms with van der Waals surface area (Å²) < 4.78 is 1.13. The van der Waals surface area contributed by atoms with Crippen molar-refractivity contribution in [3.8, 4) is 0 Å². The summed E-state index contributed by atoms with van der Waals surface area (Å²) in [7, 11) is 0. The molecule has 1 aromatic heterocycles. The van der Waals surface area contributed by atoms with E-state index in [-0.39, 0.29) is 6.04 Å². The van der Waals surface area contributed by atoms with Crippen molar-refractivity contribution < 1.29 is 0 Å². The van der Waals surface area contributed by atoms with Crippen molar-refractivity contribution in [3.63, 3.8) is 0 Å². The van der Waals surface area contributed by atoms with Crippen LogP contribution in [0.15, 0.2) is 41.0 Å². The van der Waals surface area contributed by atoms with Gasteiger partial charge in [0.1, 0.15) is 5.82 Å². The number of pyridine rings is 1. The molecule has 0 aliphatic heterocycles. The molecule has 0 aliphatic carbocycles. The highest BCUT2D eigenvalue weighted by atomic mass is 79.9. The Bertz CT molecular complexity index is 578. The molecule has 3 N–H and O–H groups in total. The van der Waals surface area contributed by atoms with Crippen LogP contribution in [0.5, 0.6) is 0 Å². The molecule has 1 unspecified atom stereocenters. The number of nitrogens with two attached hydrogens (primary N) is 1. The summed E-state index contributed by atoms with van der Waals surface area (Å²) in [5, 5.41) is 3.60. The molecule has 1 aromatic carbocycles. The lowest BCUT2D eigenvalue weighted by molar-refractivity contribution is 0.526. The van der Waals surface area contributed by atoms with Gasteiger partial charge in [-0.25, -0.2) is 4.98 Å². The molecular weight excluding hydrogens is 326 g/mol. The number of nitrogens with one attached hydrogen (secondary N) is 1. The summed E-state index contributed by atoms with van der Waals surface area (Å²) in [5.41, 5.74) is 9.69. The Kier molecular flexibility index (Phi) is 5.76. The first-order chi connectivity index (χ1) is 10.1. The molecule has 0 fully saturated rings. The maximum atomic E-state index is 6.12. The van der Waals surface area contributed by atoms with Crippen molar-refractivity contribution in [1.29, 1.82) is 0 Å². The van der Waals surface area contributed by atoms with Gasteiger partial charge in [0.2, 0.25) is 0 Å². The van der Waals surface area contributed by atoms with E-state index in [1.165, 1.54) is 11.1 Å². The highest BCUT2D eigenvalue weighted by Crippen LogP contribution is 2.28. The molecule has 1 heterocycles. The van der Waals surface area contributed by atoms with Gasteiger partial charge in [-0.2, -0.15) is 0 Å². The average Bonchev–Trinajstić information content (AvgIpc) is 2.46. The Morgan fingerprint density at radius 2 is 2.05 bits per heavy atom. The third-order valence-electron chi connectivity index (χ3n) is 3.61. The molecule has 112 valence electrons. The number of aromatic nitrogens is 1. The second-order valence-corrected chi connectivity index (χ2v) is 6.08. The molecule has 0 spiro atoms. The molecule has 4 heteroatoms. The lowest BCUT2D eigenvalue weighted by atomic mass is 9.96. The minimum Gasteiger partial charge on any atom is -0.383 e. The first-order valence-electron chi connectivity index (χ1n) is 7.31. The minimum absolute atomic E-state index is 0.178. The minimum atomic E-state index is 0.178. The van der Waals surface area contributed by atoms with Gasteiger partial charge in [-0.1, -0.05) is 41.1 Å². The summed E-state index contributed by atoms with van der Waals surface area (Å²) >= 11 is 3.63. The van der Waals surface area contributed by atoms with E-state index < -0.39 is 0 Å². The first kappa shape index (κ1) is 16.0. The maximum Gasteiger partial charge on any atom is 0.128 e. The van der Waals surface area contributed by atoms with Crippen molar-refractivity contribution in [2.75, 3.05) is 12.3 Å². The number of nitrogen functional groups attached to an aromatic ring is 1. The Balaban J connectivity index is 2.32. The maximum absolute atomic E-state index is 6.12. The largest absolute Gasteiger partial charge is 0.383 e. The zero-order chi connectivity index (χ0) is 15.2. The summed E-state index contributed by atoms with van der Waals surface area (Å²) in [4.78, 5) is 4.26. The average molecular weight is 348 g/mol. The molecule has 2 aromatic rings. The van der Waals surface area contributed by atoms with Crippen LogP contribution in [0.25, 0.3) is 0 Å². The Labute approximate surface area is 135 Å². The second kappa shape index (κ2) is 7.57. The van der Waals surface area contributed by atoms with Crippen molar-refractivity contribution in [2.24, 2.45) is 0 Å². The molecule has 0 saturated heterocycles. The van der Waals surface area contributed by atoms with Crippen molar-refractivity contribution in [1.82, 2.24) is 10.3 Å². The van der Waals surface area contributed by atoms with Gasteiger partial charge >= 0.3 is 0 Å². The highest BCUT2D eigenvalue weighted by Gasteiger charge is 2.18. The van der Waals surface area contributed by atoms with Gasteiger partial charge in [-0.05, 0) is 49.6 Å². The molecule has 3 nitrogen and oxygen atoms in total. The van der Waals surface area contributed by atoms with Gasteiger partial charge in [0, 0.05) is 22.3 Å². The van der Waals surface area contributed by atoms with Gasteiger partial charge in [-0.15, -0.1) is 0 Å². The van der Waals surface area contributed by atoms with E-state index in [0.29, 0.717) is 5.82 Å². The van der Waals surface area contributed by atoms with E-state index in [4.69, 9.17) is 5.73 Å². The van der Waals surface area contributed by atoms with Crippen LogP contribution < -0.4 is 11.1 Å². The molecule has 21 heavy (non-hydrogen) atoms. The van der Waals surface area contributed by atoms with E-state index in [9.17, 15) is 0 Å². The normalized spacial score (nSPS) is 12.3. The zero-order valence-corrected chi connectivity index (χ0v) is 14.2. The number of hydrogen-bond donors (Lipinski definition) is 2. The van der Waals surface area contributed by atoms with Crippen LogP contribution in [-0.2, 0) is 6.42 Å². The summed E-state index contributed by atoms with van der Waals surface area (Å²) in [5.74, 6) is 0.621. The molecule has 0 amide bonds. The molecular formula is C17H22BrN3. The number of hydrogen-bond acceptors (Lipinski definition) is 3. The molecule has 0 saturated carbocycles. The standard InChI is InChI=1S/C17H22BrN3/c1-3-9-20-15(11-13-6-4-5-7-14(13)18)16-12(2)8-10-21-17(16)19/h4-8,10,15,20H,3,9,11H2,1-2H3,(H2,19,21). The SMILES string of the molecule is CCCNC(Cc1ccccc1Br)c1c(C)ccnc1N. The summed E-state index contributed by atoms with van der Waals surface area (Å²) in [6, 6.07) is 10.5. The van der Waals surface area contributed by atoms with Crippen molar-refractivity contribution >= 4 is 21.7 Å². The van der Waals surface area contributed by atoms with E-state index >= 15 is 0 Å². The molecule has 0 radical (unpaired) electrons. The third-order valence-corrected chi connectivity index (χ3v) is 4.38. The summed E-state index contributed by atoms with van der Waals surface area (Å²) in [6.07, 6.45) is 3.74. The summed E-state index contributed by atoms with van der Waals surface area (Å²) in [6.45, 7) is 5.22. The van der Waals surface area contributed by atoms with Crippen LogP contribution >= 0.6 is 15.9 Å². The first-order valence-corrected chi connectivity index (χ1v) is 8.10. The van der Waals surface area contributed by atoms with Crippen LogP contribution in [0.4, 0.5) is 5.82 Å². The number of anilines is 1. The fraction of sp³-hybridized carbons (Fsp3) is 0.353. The second-order valence-electron chi connectivity index (χ2n) is 5.23. The smallest absolute Gasteiger partial charge is 0.128 e. The molecule has 0 aliphatic rings. The van der Waals surface area contributed by atoms with Gasteiger partial charge < -0.3 is 11.1 Å². The predicted octanol–water partition coefficient (Wildman–Crippen LogP) is 4.02. The third kappa shape index (κ3) is 4.05. The van der Waals surface area contributed by atoms with E-state index in [2.05, 4.69) is 58.3 Å². The molecule has 2 rings (SSSR count). The van der Waals surface area contributed by atoms with E-state index in [1.54, 1.807) is 6.20 Å². The Morgan fingerprint density at radius 3 is 2.71 bits per heavy atom. The fourth-order valence-corrected chi connectivity index (χ4v) is 2.97. The monoisotopic (exact) mass is 347 g/mol. The Hall–Kier alpha value is -1.39. The van der Waals surface area contributed by atoms with Gasteiger partial charge in [-0.3, -0.25) is 0 Å². The molecule has 1 atom stereocenters. The van der Waals surface area contributed by atoms with Crippen LogP contribution in [-0.4, -0.2) is 11.5 Å². The lowest BCUT2D eigenvalue weighted by Gasteiger charge is -2.22. The fourth-order valence-electron chi connectivity index (χ4n) is 2.52. The van der Waals surface area contributed by atoms with Crippen LogP contribution in [0.1, 0.15) is 36.1 Å². The van der Waals surface area contributed by atoms with E-state index in [1.807, 2.05) is 12.1 Å². The Morgan fingerprint density at radius 1 is 1.29 bits per heavy atom.